The Balaban J connectivity index is 2.14. The molecule has 0 saturated carbocycles. The van der Waals surface area contributed by atoms with Crippen molar-refractivity contribution in [2.24, 2.45) is 5.92 Å². The first-order valence-corrected chi connectivity index (χ1v) is 9.45. The van der Waals surface area contributed by atoms with Crippen LogP contribution in [0.5, 0.6) is 0 Å². The minimum Gasteiger partial charge on any atom is -0.480 e. The molecular weight excluding hydrogens is 352 g/mol. The van der Waals surface area contributed by atoms with E-state index in [-0.39, 0.29) is 11.8 Å². The van der Waals surface area contributed by atoms with Crippen molar-refractivity contribution in [1.29, 1.82) is 0 Å². The van der Waals surface area contributed by atoms with E-state index in [1.807, 2.05) is 39.8 Å². The molecule has 0 radical (unpaired) electrons. The van der Waals surface area contributed by atoms with Gasteiger partial charge >= 0.3 is 5.97 Å². The summed E-state index contributed by atoms with van der Waals surface area (Å²) in [6.45, 7) is 7.59. The monoisotopic (exact) mass is 376 g/mol. The zero-order valence-corrected chi connectivity index (χ0v) is 16.2. The maximum Gasteiger partial charge on any atom is 0.326 e. The van der Waals surface area contributed by atoms with Crippen LogP contribution in [0.1, 0.15) is 47.6 Å². The smallest absolute Gasteiger partial charge is 0.326 e. The van der Waals surface area contributed by atoms with E-state index in [2.05, 4.69) is 10.5 Å². The second kappa shape index (κ2) is 8.89. The number of carbonyl (C=O) groups excluding carboxylic acids is 1. The third kappa shape index (κ3) is 5.11. The van der Waals surface area contributed by atoms with Gasteiger partial charge in [0.15, 0.2) is 0 Å². The van der Waals surface area contributed by atoms with E-state index in [1.165, 1.54) is 11.8 Å². The Morgan fingerprint density at radius 2 is 1.96 bits per heavy atom. The van der Waals surface area contributed by atoms with Gasteiger partial charge in [0.1, 0.15) is 11.8 Å². The zero-order chi connectivity index (χ0) is 19.3. The molecule has 0 unspecified atom stereocenters. The second-order valence-corrected chi connectivity index (χ2v) is 7.60. The molecule has 140 valence electrons. The average molecular weight is 376 g/mol. The van der Waals surface area contributed by atoms with Gasteiger partial charge in [-0.25, -0.2) is 4.79 Å². The number of aryl methyl sites for hydroxylation is 2. The van der Waals surface area contributed by atoms with Crippen LogP contribution in [-0.2, 0) is 10.5 Å². The molecule has 1 amide bonds. The topological polar surface area (TPSA) is 92.4 Å². The van der Waals surface area contributed by atoms with Crippen LogP contribution >= 0.6 is 11.8 Å². The average Bonchev–Trinajstić information content (AvgIpc) is 2.90. The molecule has 1 aromatic carbocycles. The largest absolute Gasteiger partial charge is 0.480 e. The molecule has 7 heteroatoms. The molecule has 1 atom stereocenters. The van der Waals surface area contributed by atoms with Crippen LogP contribution < -0.4 is 5.32 Å². The Hall–Kier alpha value is -2.28. The van der Waals surface area contributed by atoms with Crippen molar-refractivity contribution >= 4 is 23.6 Å². The van der Waals surface area contributed by atoms with Crippen molar-refractivity contribution in [1.82, 2.24) is 10.5 Å². The Bertz CT molecular complexity index is 766. The van der Waals surface area contributed by atoms with Crippen LogP contribution in [0.25, 0.3) is 0 Å². The zero-order valence-electron chi connectivity index (χ0n) is 15.4. The van der Waals surface area contributed by atoms with Crippen molar-refractivity contribution in [3.05, 3.63) is 46.8 Å². The highest BCUT2D eigenvalue weighted by atomic mass is 32.2. The van der Waals surface area contributed by atoms with Gasteiger partial charge in [-0.05, 0) is 38.3 Å². The maximum absolute atomic E-state index is 12.6. The number of rotatable bonds is 8. The third-order valence-corrected chi connectivity index (χ3v) is 5.10. The fraction of sp³-hybridized carbons (Fsp3) is 0.421. The molecule has 6 nitrogen and oxygen atoms in total. The molecule has 1 aromatic heterocycles. The fourth-order valence-electron chi connectivity index (χ4n) is 2.57. The molecule has 0 bridgehead atoms. The lowest BCUT2D eigenvalue weighted by molar-refractivity contribution is -0.139. The first kappa shape index (κ1) is 20.0. The molecule has 2 aromatic rings. The van der Waals surface area contributed by atoms with E-state index in [0.29, 0.717) is 17.7 Å². The molecule has 26 heavy (non-hydrogen) atoms. The maximum atomic E-state index is 12.6. The van der Waals surface area contributed by atoms with E-state index >= 15 is 0 Å². The summed E-state index contributed by atoms with van der Waals surface area (Å²) < 4.78 is 5.17. The minimum atomic E-state index is -1.02. The number of nitrogens with one attached hydrogen (secondary N) is 1. The third-order valence-electron chi connectivity index (χ3n) is 4.00. The van der Waals surface area contributed by atoms with Crippen LogP contribution in [0.4, 0.5) is 0 Å². The van der Waals surface area contributed by atoms with Crippen molar-refractivity contribution in [3.63, 3.8) is 0 Å². The number of amides is 1. The van der Waals surface area contributed by atoms with Gasteiger partial charge in [0.05, 0.1) is 11.3 Å². The number of nitrogens with zero attached hydrogens (tertiary/aromatic N) is 1. The molecule has 2 N–H and O–H groups in total. The number of hydrogen-bond acceptors (Lipinski definition) is 5. The van der Waals surface area contributed by atoms with Gasteiger partial charge in [-0.1, -0.05) is 31.1 Å². The van der Waals surface area contributed by atoms with Crippen LogP contribution in [-0.4, -0.2) is 28.2 Å². The summed E-state index contributed by atoms with van der Waals surface area (Å²) in [5, 5.41) is 15.9. The minimum absolute atomic E-state index is 0.167. The summed E-state index contributed by atoms with van der Waals surface area (Å²) in [5.74, 6) is 0.160. The number of hydrogen-bond donors (Lipinski definition) is 2. The molecule has 0 aliphatic carbocycles. The van der Waals surface area contributed by atoms with Gasteiger partial charge in [-0.2, -0.15) is 0 Å². The SMILES string of the molecule is Cc1noc(C)c1CSc1ccccc1C(=O)N[C@H](CC(C)C)C(=O)O. The van der Waals surface area contributed by atoms with Crippen LogP contribution in [0.2, 0.25) is 0 Å². The van der Waals surface area contributed by atoms with E-state index in [4.69, 9.17) is 4.52 Å². The summed E-state index contributed by atoms with van der Waals surface area (Å²) in [6, 6.07) is 6.29. The van der Waals surface area contributed by atoms with Crippen molar-refractivity contribution in [2.75, 3.05) is 0 Å². The van der Waals surface area contributed by atoms with Gasteiger partial charge in [-0.15, -0.1) is 11.8 Å². The Morgan fingerprint density at radius 3 is 2.54 bits per heavy atom. The van der Waals surface area contributed by atoms with Gasteiger partial charge in [0, 0.05) is 16.2 Å². The summed E-state index contributed by atoms with van der Waals surface area (Å²) >= 11 is 1.50. The van der Waals surface area contributed by atoms with Crippen molar-refractivity contribution in [3.8, 4) is 0 Å². The van der Waals surface area contributed by atoms with Crippen LogP contribution in [0, 0.1) is 19.8 Å². The van der Waals surface area contributed by atoms with Crippen molar-refractivity contribution in [2.45, 2.75) is 50.8 Å². The molecular formula is C19H24N2O4S. The molecule has 0 spiro atoms. The molecule has 0 saturated heterocycles. The summed E-state index contributed by atoms with van der Waals surface area (Å²) in [6.07, 6.45) is 0.384. The highest BCUT2D eigenvalue weighted by molar-refractivity contribution is 7.98. The predicted molar refractivity (Wildman–Crippen MR) is 100 cm³/mol. The Labute approximate surface area is 157 Å². The predicted octanol–water partition coefficient (Wildman–Crippen LogP) is 3.81. The quantitative estimate of drug-likeness (QED) is 0.681. The Kier molecular flexibility index (Phi) is 6.85. The fourth-order valence-corrected chi connectivity index (χ4v) is 3.77. The van der Waals surface area contributed by atoms with Crippen molar-refractivity contribution < 1.29 is 19.2 Å². The summed E-state index contributed by atoms with van der Waals surface area (Å²) in [5.41, 5.74) is 2.31. The van der Waals surface area contributed by atoms with E-state index in [1.54, 1.807) is 12.1 Å². The number of carboxylic acids is 1. The van der Waals surface area contributed by atoms with E-state index < -0.39 is 12.0 Å². The van der Waals surface area contributed by atoms with Gasteiger partial charge in [-0.3, -0.25) is 4.79 Å². The summed E-state index contributed by atoms with van der Waals surface area (Å²) in [7, 11) is 0. The highest BCUT2D eigenvalue weighted by Gasteiger charge is 2.23. The molecule has 0 fully saturated rings. The number of thioether (sulfide) groups is 1. The van der Waals surface area contributed by atoms with E-state index in [0.717, 1.165) is 21.9 Å². The normalized spacial score (nSPS) is 12.2. The number of aliphatic carboxylic acids is 1. The number of aromatic nitrogens is 1. The van der Waals surface area contributed by atoms with Gasteiger partial charge < -0.3 is 14.9 Å². The van der Waals surface area contributed by atoms with Gasteiger partial charge in [0.2, 0.25) is 0 Å². The highest BCUT2D eigenvalue weighted by Crippen LogP contribution is 2.29. The number of carbonyl (C=O) groups is 2. The lowest BCUT2D eigenvalue weighted by atomic mass is 10.0. The van der Waals surface area contributed by atoms with Gasteiger partial charge in [0.25, 0.3) is 5.91 Å². The van der Waals surface area contributed by atoms with E-state index in [9.17, 15) is 14.7 Å². The van der Waals surface area contributed by atoms with Crippen LogP contribution in [0.3, 0.4) is 0 Å². The molecule has 0 aliphatic heterocycles. The Morgan fingerprint density at radius 1 is 1.27 bits per heavy atom. The second-order valence-electron chi connectivity index (χ2n) is 6.58. The lowest BCUT2D eigenvalue weighted by Crippen LogP contribution is -2.41. The van der Waals surface area contributed by atoms with Crippen LogP contribution in [0.15, 0.2) is 33.7 Å². The molecule has 2 rings (SSSR count). The number of benzene rings is 1. The standard InChI is InChI=1S/C19H24N2O4S/c1-11(2)9-16(19(23)24)20-18(22)14-7-5-6-8-17(14)26-10-15-12(3)21-25-13(15)4/h5-8,11,16H,9-10H2,1-4H3,(H,20,22)(H,23,24)/t16-/m1/s1. The first-order chi connectivity index (χ1) is 12.3. The number of carboxylic acid groups (broad SMARTS) is 1. The summed E-state index contributed by atoms with van der Waals surface area (Å²) in [4.78, 5) is 24.8. The molecule has 1 heterocycles. The first-order valence-electron chi connectivity index (χ1n) is 8.46. The lowest BCUT2D eigenvalue weighted by Gasteiger charge is -2.17. The molecule has 0 aliphatic rings.